The molecule has 0 radical (unpaired) electrons. The molecule has 4 N–H and O–H groups in total. The van der Waals surface area contributed by atoms with Gasteiger partial charge in [0.2, 0.25) is 23.6 Å². The predicted octanol–water partition coefficient (Wildman–Crippen LogP) is 3.94. The molecule has 7 unspecified atom stereocenters. The number of amides is 4. The Morgan fingerprint density at radius 3 is 2.10 bits per heavy atom. The summed E-state index contributed by atoms with van der Waals surface area (Å²) in [7, 11) is 6.30. The number of ether oxygens (including phenoxy) is 2. The Bertz CT molecular complexity index is 1220. The van der Waals surface area contributed by atoms with Crippen LogP contribution in [-0.2, 0) is 33.4 Å². The maximum Gasteiger partial charge on any atom is 0.326 e. The average molecular weight is 736 g/mol. The van der Waals surface area contributed by atoms with Crippen molar-refractivity contribution >= 4 is 29.6 Å². The number of carboxylic acids is 1. The molecule has 0 bridgehead atoms. The lowest BCUT2D eigenvalue weighted by atomic mass is 9.90. The van der Waals surface area contributed by atoms with Crippen molar-refractivity contribution in [2.75, 3.05) is 41.4 Å². The first kappa shape index (κ1) is 48.5. The van der Waals surface area contributed by atoms with Gasteiger partial charge in [0.1, 0.15) is 6.04 Å². The van der Waals surface area contributed by atoms with Crippen LogP contribution in [0.5, 0.6) is 0 Å². The van der Waals surface area contributed by atoms with Gasteiger partial charge in [-0.25, -0.2) is 4.79 Å². The van der Waals surface area contributed by atoms with E-state index in [0.29, 0.717) is 25.0 Å². The van der Waals surface area contributed by atoms with Gasteiger partial charge in [0, 0.05) is 34.2 Å². The molecule has 298 valence electrons. The number of methoxy groups -OCH3 is 2. The van der Waals surface area contributed by atoms with Crippen molar-refractivity contribution in [2.24, 2.45) is 17.8 Å². The summed E-state index contributed by atoms with van der Waals surface area (Å²) in [6.45, 7) is 23.1. The number of hydrogen-bond acceptors (Lipinski definition) is 8. The monoisotopic (exact) mass is 736 g/mol. The number of hydrogen-bond donors (Lipinski definition) is 4. The van der Waals surface area contributed by atoms with E-state index >= 15 is 0 Å². The first-order valence-corrected chi connectivity index (χ1v) is 18.3. The van der Waals surface area contributed by atoms with Gasteiger partial charge in [0.15, 0.2) is 0 Å². The summed E-state index contributed by atoms with van der Waals surface area (Å²) in [6, 6.07) is -2.08. The molecule has 1 aliphatic heterocycles. The second-order valence-corrected chi connectivity index (χ2v) is 14.7. The van der Waals surface area contributed by atoms with Gasteiger partial charge in [-0.05, 0) is 51.1 Å². The maximum atomic E-state index is 13.9. The van der Waals surface area contributed by atoms with Crippen molar-refractivity contribution in [3.63, 3.8) is 0 Å². The van der Waals surface area contributed by atoms with Gasteiger partial charge in [-0.3, -0.25) is 19.2 Å². The standard InChI is InChI=1S/C35H59N5O8.C4H10/c1-12-16-24(14-3)19-25(33(44)45)38-32(43)23(5)31(48-11)26-17-15-18-40(26)28(41)20-27(47-10)30(22(4)13-2)39(9)29(42)21-37-34(46)35(6,7)36-8;1-4(2)3/h12,14,16,22-23,25-27,30-31,36H,1,3,13,15,17-21H2,2,4-11H3,(H,37,46)(H,38,43)(H,44,45);4H,1-3H3/b24-16+;. The average Bonchev–Trinajstić information content (AvgIpc) is 3.58. The van der Waals surface area contributed by atoms with Crippen molar-refractivity contribution in [3.05, 3.63) is 37.0 Å². The second kappa shape index (κ2) is 23.9. The lowest BCUT2D eigenvalue weighted by molar-refractivity contribution is -0.147. The van der Waals surface area contributed by atoms with Crippen molar-refractivity contribution in [3.8, 4) is 0 Å². The predicted molar refractivity (Wildman–Crippen MR) is 205 cm³/mol. The molecule has 0 aromatic rings. The zero-order valence-electron chi connectivity index (χ0n) is 33.9. The first-order valence-electron chi connectivity index (χ1n) is 18.3. The van der Waals surface area contributed by atoms with Crippen molar-refractivity contribution < 1.29 is 38.6 Å². The molecule has 1 rings (SSSR count). The highest BCUT2D eigenvalue weighted by Gasteiger charge is 2.42. The van der Waals surface area contributed by atoms with Crippen LogP contribution in [0.2, 0.25) is 0 Å². The van der Waals surface area contributed by atoms with E-state index in [4.69, 9.17) is 9.47 Å². The zero-order valence-corrected chi connectivity index (χ0v) is 33.9. The number of carbonyl (C=O) groups is 5. The molecule has 1 fully saturated rings. The van der Waals surface area contributed by atoms with Gasteiger partial charge in [-0.15, -0.1) is 0 Å². The Kier molecular flexibility index (Phi) is 22.3. The molecular formula is C39H69N5O8. The van der Waals surface area contributed by atoms with Crippen LogP contribution in [0.3, 0.4) is 0 Å². The molecule has 13 nitrogen and oxygen atoms in total. The summed E-state index contributed by atoms with van der Waals surface area (Å²) in [6.07, 6.45) is 5.36. The smallest absolute Gasteiger partial charge is 0.326 e. The van der Waals surface area contributed by atoms with Crippen LogP contribution < -0.4 is 16.0 Å². The van der Waals surface area contributed by atoms with E-state index in [2.05, 4.69) is 49.9 Å². The molecule has 1 heterocycles. The quantitative estimate of drug-likeness (QED) is 0.128. The summed E-state index contributed by atoms with van der Waals surface area (Å²) in [4.78, 5) is 68.3. The van der Waals surface area contributed by atoms with E-state index in [0.717, 1.165) is 12.3 Å². The fourth-order valence-electron chi connectivity index (χ4n) is 6.05. The van der Waals surface area contributed by atoms with E-state index in [1.807, 2.05) is 13.8 Å². The number of likely N-dealkylation sites (N-methyl/N-ethyl adjacent to an activating group) is 2. The number of nitrogens with zero attached hydrogens (tertiary/aromatic N) is 2. The highest BCUT2D eigenvalue weighted by atomic mass is 16.5. The summed E-state index contributed by atoms with van der Waals surface area (Å²) < 4.78 is 11.7. The van der Waals surface area contributed by atoms with E-state index in [1.165, 1.54) is 26.4 Å². The Morgan fingerprint density at radius 1 is 1.04 bits per heavy atom. The molecule has 13 heteroatoms. The lowest BCUT2D eigenvalue weighted by Gasteiger charge is -2.39. The highest BCUT2D eigenvalue weighted by molar-refractivity contribution is 5.90. The first-order chi connectivity index (χ1) is 24.3. The number of likely N-dealkylation sites (tertiary alicyclic amines) is 1. The fraction of sp³-hybridized carbons (Fsp3) is 0.718. The minimum atomic E-state index is -1.19. The summed E-state index contributed by atoms with van der Waals surface area (Å²) in [5, 5.41) is 18.0. The zero-order chi connectivity index (χ0) is 40.3. The van der Waals surface area contributed by atoms with Gasteiger partial charge in [-0.1, -0.05) is 79.3 Å². The van der Waals surface area contributed by atoms with E-state index in [9.17, 15) is 29.1 Å². The van der Waals surface area contributed by atoms with Crippen LogP contribution in [-0.4, -0.2) is 122 Å². The van der Waals surface area contributed by atoms with E-state index in [1.54, 1.807) is 50.7 Å². The number of aliphatic carboxylic acids is 1. The molecule has 7 atom stereocenters. The lowest BCUT2D eigenvalue weighted by Crippen LogP contribution is -2.56. The van der Waals surface area contributed by atoms with Crippen LogP contribution in [0.15, 0.2) is 37.0 Å². The topological polar surface area (TPSA) is 167 Å². The minimum Gasteiger partial charge on any atom is -0.480 e. The molecule has 1 saturated heterocycles. The van der Waals surface area contributed by atoms with Gasteiger partial charge in [0.25, 0.3) is 0 Å². The highest BCUT2D eigenvalue weighted by Crippen LogP contribution is 2.29. The van der Waals surface area contributed by atoms with Crippen LogP contribution >= 0.6 is 0 Å². The molecule has 0 spiro atoms. The Labute approximate surface area is 313 Å². The van der Waals surface area contributed by atoms with Crippen LogP contribution in [0.4, 0.5) is 0 Å². The normalized spacial score (nSPS) is 18.1. The molecule has 0 aromatic heterocycles. The molecule has 52 heavy (non-hydrogen) atoms. The third-order valence-electron chi connectivity index (χ3n) is 9.55. The number of carbonyl (C=O) groups excluding carboxylic acids is 4. The Morgan fingerprint density at radius 2 is 1.63 bits per heavy atom. The van der Waals surface area contributed by atoms with Gasteiger partial charge in [-0.2, -0.15) is 0 Å². The third-order valence-corrected chi connectivity index (χ3v) is 9.55. The summed E-state index contributed by atoms with van der Waals surface area (Å²) in [5.41, 5.74) is -0.240. The molecular weight excluding hydrogens is 666 g/mol. The number of allylic oxidation sites excluding steroid dienone is 3. The van der Waals surface area contributed by atoms with Crippen molar-refractivity contribution in [2.45, 2.75) is 123 Å². The van der Waals surface area contributed by atoms with Crippen molar-refractivity contribution in [1.82, 2.24) is 25.8 Å². The minimum absolute atomic E-state index is 0.0170. The number of nitrogens with one attached hydrogen (secondary N) is 3. The van der Waals surface area contributed by atoms with Crippen LogP contribution in [0.25, 0.3) is 0 Å². The Hall–Kier alpha value is -3.55. The number of carboxylic acid groups (broad SMARTS) is 1. The maximum absolute atomic E-state index is 13.9. The third kappa shape index (κ3) is 15.2. The fourth-order valence-corrected chi connectivity index (χ4v) is 6.05. The van der Waals surface area contributed by atoms with Gasteiger partial charge < -0.3 is 40.3 Å². The second-order valence-electron chi connectivity index (χ2n) is 14.7. The molecule has 0 aromatic carbocycles. The molecule has 0 aliphatic carbocycles. The van der Waals surface area contributed by atoms with Crippen LogP contribution in [0, 0.1) is 17.8 Å². The molecule has 0 saturated carbocycles. The summed E-state index contributed by atoms with van der Waals surface area (Å²) >= 11 is 0. The van der Waals surface area contributed by atoms with Gasteiger partial charge >= 0.3 is 5.97 Å². The Balaban J connectivity index is 0.00000615. The van der Waals surface area contributed by atoms with Crippen molar-refractivity contribution in [1.29, 1.82) is 0 Å². The largest absolute Gasteiger partial charge is 0.480 e. The summed E-state index contributed by atoms with van der Waals surface area (Å²) in [5.74, 6) is -2.50. The number of rotatable bonds is 21. The van der Waals surface area contributed by atoms with Crippen LogP contribution in [0.1, 0.15) is 87.5 Å². The SMILES string of the molecule is C=C/C=C(\C=C)CC(NC(=O)C(C)C(OC)C1CCCN1C(=O)CC(OC)C(C(C)CC)N(C)C(=O)CNC(=O)C(C)(C)NC)C(=O)O.CC(C)C. The molecule has 1 aliphatic rings. The van der Waals surface area contributed by atoms with Gasteiger partial charge in [0.05, 0.1) is 48.7 Å². The van der Waals surface area contributed by atoms with E-state index in [-0.39, 0.29) is 43.0 Å². The molecule has 4 amide bonds. The van der Waals surface area contributed by atoms with E-state index < -0.39 is 53.7 Å².